The Hall–Kier alpha value is -1.39. The van der Waals surface area contributed by atoms with Gasteiger partial charge in [0.05, 0.1) is 6.04 Å². The third kappa shape index (κ3) is 1.71. The van der Waals surface area contributed by atoms with Crippen LogP contribution in [-0.4, -0.2) is 41.5 Å². The number of hydrogen-bond donors (Lipinski definition) is 0. The minimum Gasteiger partial charge on any atom is -0.338 e. The lowest BCUT2D eigenvalue weighted by molar-refractivity contribution is -0.156. The molecule has 0 N–H and O–H groups in total. The molecule has 1 amide bonds. The monoisotopic (exact) mass is 272 g/mol. The van der Waals surface area contributed by atoms with Gasteiger partial charge in [-0.1, -0.05) is 30.3 Å². The Bertz CT molecular complexity index is 518. The Kier molecular flexibility index (Phi) is 2.82. The van der Waals surface area contributed by atoms with Crippen LogP contribution in [0.3, 0.4) is 0 Å². The zero-order chi connectivity index (χ0) is 13.7. The highest BCUT2D eigenvalue weighted by Gasteiger charge is 2.53. The molecule has 3 fully saturated rings. The van der Waals surface area contributed by atoms with Crippen molar-refractivity contribution < 1.29 is 9.63 Å². The fourth-order valence-electron chi connectivity index (χ4n) is 4.26. The molecule has 0 aliphatic carbocycles. The number of benzene rings is 1. The highest BCUT2D eigenvalue weighted by atomic mass is 16.7. The first kappa shape index (κ1) is 12.4. The summed E-state index contributed by atoms with van der Waals surface area (Å²) in [4.78, 5) is 20.5. The fourth-order valence-corrected chi connectivity index (χ4v) is 4.26. The summed E-state index contributed by atoms with van der Waals surface area (Å²) in [5.74, 6) is 0.600. The number of rotatable bonds is 1. The minimum atomic E-state index is 0.0258. The van der Waals surface area contributed by atoms with Gasteiger partial charge in [-0.05, 0) is 18.4 Å². The fraction of sp³-hybridized carbons (Fsp3) is 0.562. The molecule has 1 aromatic carbocycles. The number of nitrogens with zero attached hydrogens (tertiary/aromatic N) is 2. The van der Waals surface area contributed by atoms with Gasteiger partial charge in [-0.3, -0.25) is 9.63 Å². The molecule has 4 atom stereocenters. The molecule has 4 rings (SSSR count). The van der Waals surface area contributed by atoms with Crippen molar-refractivity contribution in [2.45, 2.75) is 37.5 Å². The molecule has 0 saturated carbocycles. The lowest BCUT2D eigenvalue weighted by atomic mass is 9.80. The lowest BCUT2D eigenvalue weighted by Crippen LogP contribution is -2.54. The predicted octanol–water partition coefficient (Wildman–Crippen LogP) is 1.98. The number of hydroxylamine groups is 2. The Morgan fingerprint density at radius 1 is 1.25 bits per heavy atom. The third-order valence-corrected chi connectivity index (χ3v) is 5.08. The van der Waals surface area contributed by atoms with E-state index in [4.69, 9.17) is 4.84 Å². The van der Waals surface area contributed by atoms with Crippen molar-refractivity contribution in [1.82, 2.24) is 9.96 Å². The van der Waals surface area contributed by atoms with Crippen LogP contribution >= 0.6 is 0 Å². The number of fused-ring (bicyclic) bond motifs is 3. The van der Waals surface area contributed by atoms with Gasteiger partial charge in [-0.15, -0.1) is 0 Å². The first-order valence-electron chi connectivity index (χ1n) is 7.50. The number of carbonyl (C=O) groups is 1. The molecule has 0 unspecified atom stereocenters. The standard InChI is InChI=1S/C16H20N2O2/c1-17-15-12(10-14(19)18-9-5-8-13(15)18)16(20-17)11-6-3-2-4-7-11/h2-4,6-7,12-13,15-16H,5,8-10H2,1H3/t12-,13-,15+,16+/m0/s1. The van der Waals surface area contributed by atoms with Gasteiger partial charge < -0.3 is 4.90 Å². The van der Waals surface area contributed by atoms with Crippen molar-refractivity contribution in [3.63, 3.8) is 0 Å². The van der Waals surface area contributed by atoms with Gasteiger partial charge in [-0.2, -0.15) is 5.06 Å². The second-order valence-corrected chi connectivity index (χ2v) is 6.14. The highest BCUT2D eigenvalue weighted by molar-refractivity contribution is 5.78. The van der Waals surface area contributed by atoms with Gasteiger partial charge in [0.2, 0.25) is 5.91 Å². The summed E-state index contributed by atoms with van der Waals surface area (Å²) in [5.41, 5.74) is 1.19. The molecule has 0 bridgehead atoms. The maximum absolute atomic E-state index is 12.4. The van der Waals surface area contributed by atoms with E-state index >= 15 is 0 Å². The van der Waals surface area contributed by atoms with E-state index in [2.05, 4.69) is 17.0 Å². The van der Waals surface area contributed by atoms with Gasteiger partial charge >= 0.3 is 0 Å². The van der Waals surface area contributed by atoms with Gasteiger partial charge in [0.1, 0.15) is 6.10 Å². The average molecular weight is 272 g/mol. The molecule has 4 heteroatoms. The maximum Gasteiger partial charge on any atom is 0.223 e. The molecule has 0 radical (unpaired) electrons. The summed E-state index contributed by atoms with van der Waals surface area (Å²) in [7, 11) is 2.02. The molecule has 3 aliphatic rings. The predicted molar refractivity (Wildman–Crippen MR) is 74.7 cm³/mol. The largest absolute Gasteiger partial charge is 0.338 e. The Morgan fingerprint density at radius 3 is 2.85 bits per heavy atom. The van der Waals surface area contributed by atoms with Crippen molar-refractivity contribution in [2.24, 2.45) is 5.92 Å². The van der Waals surface area contributed by atoms with Crippen LogP contribution in [0.1, 0.15) is 30.9 Å². The molecule has 3 saturated heterocycles. The normalized spacial score (nSPS) is 37.0. The van der Waals surface area contributed by atoms with Gasteiger partial charge in [0, 0.05) is 32.0 Å². The van der Waals surface area contributed by atoms with Gasteiger partial charge in [0.15, 0.2) is 0 Å². The van der Waals surface area contributed by atoms with Crippen LogP contribution in [-0.2, 0) is 9.63 Å². The smallest absolute Gasteiger partial charge is 0.223 e. The van der Waals surface area contributed by atoms with Crippen LogP contribution in [0.15, 0.2) is 30.3 Å². The van der Waals surface area contributed by atoms with Crippen LogP contribution in [0.5, 0.6) is 0 Å². The van der Waals surface area contributed by atoms with Crippen LogP contribution in [0.4, 0.5) is 0 Å². The van der Waals surface area contributed by atoms with E-state index in [1.165, 1.54) is 5.56 Å². The number of hydrogen-bond acceptors (Lipinski definition) is 3. The van der Waals surface area contributed by atoms with E-state index in [9.17, 15) is 4.79 Å². The minimum absolute atomic E-state index is 0.0258. The molecule has 3 heterocycles. The second-order valence-electron chi connectivity index (χ2n) is 6.14. The summed E-state index contributed by atoms with van der Waals surface area (Å²) < 4.78 is 0. The quantitative estimate of drug-likeness (QED) is 0.783. The number of likely N-dealkylation sites (N-methyl/N-ethyl adjacent to an activating group) is 1. The Morgan fingerprint density at radius 2 is 2.05 bits per heavy atom. The van der Waals surface area contributed by atoms with Crippen molar-refractivity contribution in [3.05, 3.63) is 35.9 Å². The van der Waals surface area contributed by atoms with Crippen molar-refractivity contribution in [3.8, 4) is 0 Å². The number of carbonyl (C=O) groups excluding carboxylic acids is 1. The first-order valence-corrected chi connectivity index (χ1v) is 7.50. The van der Waals surface area contributed by atoms with Crippen molar-refractivity contribution in [2.75, 3.05) is 13.6 Å². The summed E-state index contributed by atoms with van der Waals surface area (Å²) >= 11 is 0. The summed E-state index contributed by atoms with van der Waals surface area (Å²) in [6, 6.07) is 11.0. The lowest BCUT2D eigenvalue weighted by Gasteiger charge is -2.39. The molecule has 4 nitrogen and oxygen atoms in total. The second kappa shape index (κ2) is 4.57. The van der Waals surface area contributed by atoms with Crippen molar-refractivity contribution in [1.29, 1.82) is 0 Å². The van der Waals surface area contributed by atoms with Gasteiger partial charge in [-0.25, -0.2) is 0 Å². The molecule has 3 aliphatic heterocycles. The molecule has 20 heavy (non-hydrogen) atoms. The van der Waals surface area contributed by atoms with Crippen LogP contribution in [0, 0.1) is 5.92 Å². The van der Waals surface area contributed by atoms with E-state index in [-0.39, 0.29) is 12.0 Å². The zero-order valence-corrected chi connectivity index (χ0v) is 11.7. The SMILES string of the molecule is CN1O[C@H](c2ccccc2)[C@H]2CC(=O)N3CCC[C@H]3[C@@H]21. The summed E-state index contributed by atoms with van der Waals surface area (Å²) in [6.45, 7) is 0.927. The van der Waals surface area contributed by atoms with E-state index in [1.54, 1.807) is 0 Å². The first-order chi connectivity index (χ1) is 9.75. The third-order valence-electron chi connectivity index (χ3n) is 5.08. The zero-order valence-electron chi connectivity index (χ0n) is 11.7. The Labute approximate surface area is 119 Å². The summed E-state index contributed by atoms with van der Waals surface area (Å²) in [5, 5.41) is 2.01. The number of piperidine rings is 1. The molecule has 1 aromatic rings. The average Bonchev–Trinajstić information content (AvgIpc) is 3.05. The van der Waals surface area contributed by atoms with E-state index in [1.807, 2.05) is 30.3 Å². The van der Waals surface area contributed by atoms with Crippen LogP contribution < -0.4 is 0 Å². The van der Waals surface area contributed by atoms with Crippen LogP contribution in [0.2, 0.25) is 0 Å². The topological polar surface area (TPSA) is 32.8 Å². The molecular weight excluding hydrogens is 252 g/mol. The van der Waals surface area contributed by atoms with Crippen LogP contribution in [0.25, 0.3) is 0 Å². The van der Waals surface area contributed by atoms with E-state index < -0.39 is 0 Å². The maximum atomic E-state index is 12.4. The molecule has 106 valence electrons. The Balaban J connectivity index is 1.68. The molecule has 0 aromatic heterocycles. The van der Waals surface area contributed by atoms with E-state index in [0.717, 1.165) is 19.4 Å². The summed E-state index contributed by atoms with van der Waals surface area (Å²) in [6.07, 6.45) is 2.88. The van der Waals surface area contributed by atoms with E-state index in [0.29, 0.717) is 24.4 Å². The van der Waals surface area contributed by atoms with Gasteiger partial charge in [0.25, 0.3) is 0 Å². The number of amides is 1. The highest BCUT2D eigenvalue weighted by Crippen LogP contribution is 2.46. The molecule has 0 spiro atoms. The molecular formula is C16H20N2O2. The van der Waals surface area contributed by atoms with Crippen molar-refractivity contribution >= 4 is 5.91 Å².